The average molecular weight is 322 g/mol. The molecular formula is C14H18N4O3S. The van der Waals surface area contributed by atoms with Gasteiger partial charge in [-0.1, -0.05) is 0 Å². The maximum absolute atomic E-state index is 12.2. The molecule has 1 fully saturated rings. The third-order valence-corrected chi connectivity index (χ3v) is 4.48. The number of thiophene rings is 1. The standard InChI is InChI=1S/C14H18N4O3S/c19-13-12-11(3-7-22-12)17-9-18(13)5-4-15-14(20)16-8-10-2-1-6-21-10/h3,7,9-10H,1-2,4-6,8H2,(H2,15,16,20)/t10-/m0/s1. The summed E-state index contributed by atoms with van der Waals surface area (Å²) in [5.74, 6) is 0. The normalized spacial score (nSPS) is 17.7. The van der Waals surface area contributed by atoms with E-state index in [-0.39, 0.29) is 17.7 Å². The number of hydrogen-bond donors (Lipinski definition) is 2. The zero-order chi connectivity index (χ0) is 15.4. The van der Waals surface area contributed by atoms with Gasteiger partial charge in [-0.15, -0.1) is 11.3 Å². The minimum absolute atomic E-state index is 0.0680. The highest BCUT2D eigenvalue weighted by atomic mass is 32.1. The highest BCUT2D eigenvalue weighted by molar-refractivity contribution is 7.17. The van der Waals surface area contributed by atoms with Gasteiger partial charge in [-0.25, -0.2) is 9.78 Å². The highest BCUT2D eigenvalue weighted by Gasteiger charge is 2.15. The molecule has 0 radical (unpaired) electrons. The van der Waals surface area contributed by atoms with E-state index in [1.165, 1.54) is 22.2 Å². The third kappa shape index (κ3) is 3.45. The van der Waals surface area contributed by atoms with E-state index >= 15 is 0 Å². The summed E-state index contributed by atoms with van der Waals surface area (Å²) in [6.45, 7) is 2.06. The molecule has 7 nitrogen and oxygen atoms in total. The molecule has 2 N–H and O–H groups in total. The quantitative estimate of drug-likeness (QED) is 0.858. The summed E-state index contributed by atoms with van der Waals surface area (Å²) in [6, 6.07) is 1.58. The number of hydrogen-bond acceptors (Lipinski definition) is 5. The van der Waals surface area contributed by atoms with Gasteiger partial charge in [0.1, 0.15) is 4.70 Å². The second-order valence-corrected chi connectivity index (χ2v) is 6.07. The second-order valence-electron chi connectivity index (χ2n) is 5.15. The first-order chi connectivity index (χ1) is 10.7. The molecule has 0 unspecified atom stereocenters. The van der Waals surface area contributed by atoms with E-state index in [9.17, 15) is 9.59 Å². The number of carbonyl (C=O) groups excluding carboxylic acids is 1. The van der Waals surface area contributed by atoms with Crippen LogP contribution in [0.4, 0.5) is 4.79 Å². The van der Waals surface area contributed by atoms with Gasteiger partial charge in [0, 0.05) is 26.2 Å². The van der Waals surface area contributed by atoms with Crippen molar-refractivity contribution in [1.82, 2.24) is 20.2 Å². The molecule has 0 bridgehead atoms. The van der Waals surface area contributed by atoms with E-state index in [2.05, 4.69) is 15.6 Å². The molecule has 2 aromatic rings. The van der Waals surface area contributed by atoms with Crippen LogP contribution < -0.4 is 16.2 Å². The van der Waals surface area contributed by atoms with Crippen molar-refractivity contribution in [1.29, 1.82) is 0 Å². The number of carbonyl (C=O) groups is 1. The van der Waals surface area contributed by atoms with Crippen molar-refractivity contribution in [2.24, 2.45) is 0 Å². The van der Waals surface area contributed by atoms with Crippen LogP contribution in [0.5, 0.6) is 0 Å². The fraction of sp³-hybridized carbons (Fsp3) is 0.500. The molecule has 0 aliphatic carbocycles. The van der Waals surface area contributed by atoms with Crippen LogP contribution in [0.1, 0.15) is 12.8 Å². The fourth-order valence-electron chi connectivity index (χ4n) is 2.40. The molecule has 1 aliphatic heterocycles. The van der Waals surface area contributed by atoms with Crippen LogP contribution >= 0.6 is 11.3 Å². The number of fused-ring (bicyclic) bond motifs is 1. The van der Waals surface area contributed by atoms with Crippen molar-refractivity contribution in [2.45, 2.75) is 25.5 Å². The van der Waals surface area contributed by atoms with Crippen molar-refractivity contribution in [3.63, 3.8) is 0 Å². The number of aromatic nitrogens is 2. The molecule has 0 spiro atoms. The predicted octanol–water partition coefficient (Wildman–Crippen LogP) is 0.936. The zero-order valence-electron chi connectivity index (χ0n) is 12.1. The topological polar surface area (TPSA) is 85.2 Å². The van der Waals surface area contributed by atoms with Crippen molar-refractivity contribution in [3.05, 3.63) is 28.1 Å². The van der Waals surface area contributed by atoms with Gasteiger partial charge in [0.2, 0.25) is 0 Å². The first kappa shape index (κ1) is 15.0. The summed E-state index contributed by atoms with van der Waals surface area (Å²) in [6.07, 6.45) is 3.68. The van der Waals surface area contributed by atoms with E-state index < -0.39 is 0 Å². The Bertz CT molecular complexity index is 705. The first-order valence-electron chi connectivity index (χ1n) is 7.30. The molecule has 0 saturated carbocycles. The number of urea groups is 1. The Labute approximate surface area is 131 Å². The lowest BCUT2D eigenvalue weighted by molar-refractivity contribution is 0.111. The predicted molar refractivity (Wildman–Crippen MR) is 84.3 cm³/mol. The molecule has 0 aromatic carbocycles. The van der Waals surface area contributed by atoms with Gasteiger partial charge in [0.25, 0.3) is 5.56 Å². The number of amides is 2. The van der Waals surface area contributed by atoms with Crippen LogP contribution in [0.15, 0.2) is 22.6 Å². The molecule has 1 atom stereocenters. The van der Waals surface area contributed by atoms with Gasteiger partial charge in [-0.3, -0.25) is 9.36 Å². The number of ether oxygens (including phenoxy) is 1. The van der Waals surface area contributed by atoms with E-state index in [1.807, 2.05) is 11.4 Å². The van der Waals surface area contributed by atoms with Gasteiger partial charge in [0.15, 0.2) is 0 Å². The summed E-state index contributed by atoms with van der Waals surface area (Å²) in [5.41, 5.74) is 0.648. The Morgan fingerprint density at radius 2 is 2.41 bits per heavy atom. The van der Waals surface area contributed by atoms with Gasteiger partial charge in [-0.05, 0) is 24.3 Å². The zero-order valence-corrected chi connectivity index (χ0v) is 12.9. The number of rotatable bonds is 5. The van der Waals surface area contributed by atoms with Crippen molar-refractivity contribution < 1.29 is 9.53 Å². The summed E-state index contributed by atoms with van der Waals surface area (Å²) < 4.78 is 7.59. The maximum Gasteiger partial charge on any atom is 0.314 e. The largest absolute Gasteiger partial charge is 0.376 e. The summed E-state index contributed by atoms with van der Waals surface area (Å²) in [4.78, 5) is 28.0. The van der Waals surface area contributed by atoms with Crippen LogP contribution in [0.2, 0.25) is 0 Å². The van der Waals surface area contributed by atoms with E-state index in [4.69, 9.17) is 4.74 Å². The summed E-state index contributed by atoms with van der Waals surface area (Å²) in [5, 5.41) is 7.36. The molecule has 2 aromatic heterocycles. The van der Waals surface area contributed by atoms with Crippen LogP contribution in [0.25, 0.3) is 10.2 Å². The molecule has 2 amide bonds. The molecule has 1 saturated heterocycles. The molecule has 3 heterocycles. The Hall–Kier alpha value is -1.93. The lowest BCUT2D eigenvalue weighted by atomic mass is 10.2. The Balaban J connectivity index is 1.46. The van der Waals surface area contributed by atoms with Crippen molar-refractivity contribution >= 4 is 27.6 Å². The first-order valence-corrected chi connectivity index (χ1v) is 8.18. The maximum atomic E-state index is 12.2. The van der Waals surface area contributed by atoms with Crippen molar-refractivity contribution in [3.8, 4) is 0 Å². The van der Waals surface area contributed by atoms with E-state index in [0.717, 1.165) is 19.4 Å². The second kappa shape index (κ2) is 6.89. The lowest BCUT2D eigenvalue weighted by Gasteiger charge is -2.12. The smallest absolute Gasteiger partial charge is 0.314 e. The average Bonchev–Trinajstić information content (AvgIpc) is 3.18. The minimum atomic E-state index is -0.242. The molecule has 3 rings (SSSR count). The lowest BCUT2D eigenvalue weighted by Crippen LogP contribution is -2.41. The van der Waals surface area contributed by atoms with E-state index in [0.29, 0.717) is 29.9 Å². The highest BCUT2D eigenvalue weighted by Crippen LogP contribution is 2.13. The molecule has 8 heteroatoms. The molecule has 22 heavy (non-hydrogen) atoms. The Morgan fingerprint density at radius 3 is 3.23 bits per heavy atom. The molecule has 1 aliphatic rings. The summed E-state index contributed by atoms with van der Waals surface area (Å²) >= 11 is 1.38. The van der Waals surface area contributed by atoms with Gasteiger partial charge in [0.05, 0.1) is 17.9 Å². The van der Waals surface area contributed by atoms with Crippen molar-refractivity contribution in [2.75, 3.05) is 19.7 Å². The van der Waals surface area contributed by atoms with E-state index in [1.54, 1.807) is 0 Å². The van der Waals surface area contributed by atoms with Crippen LogP contribution in [0, 0.1) is 0 Å². The fourth-order valence-corrected chi connectivity index (χ4v) is 3.20. The number of nitrogens with zero attached hydrogens (tertiary/aromatic N) is 2. The molecule has 118 valence electrons. The van der Waals surface area contributed by atoms with Gasteiger partial charge < -0.3 is 15.4 Å². The Morgan fingerprint density at radius 1 is 1.50 bits per heavy atom. The Kier molecular flexibility index (Phi) is 4.69. The van der Waals surface area contributed by atoms with Crippen LogP contribution in [0.3, 0.4) is 0 Å². The SMILES string of the molecule is O=C(NCCn1cnc2ccsc2c1=O)NC[C@@H]1CCCO1. The van der Waals surface area contributed by atoms with Gasteiger partial charge in [-0.2, -0.15) is 0 Å². The molecular weight excluding hydrogens is 304 g/mol. The monoisotopic (exact) mass is 322 g/mol. The van der Waals surface area contributed by atoms with Crippen LogP contribution in [-0.2, 0) is 11.3 Å². The number of nitrogens with one attached hydrogen (secondary N) is 2. The van der Waals surface area contributed by atoms with Crippen LogP contribution in [-0.4, -0.2) is 41.4 Å². The third-order valence-electron chi connectivity index (χ3n) is 3.59. The van der Waals surface area contributed by atoms with Gasteiger partial charge >= 0.3 is 6.03 Å². The summed E-state index contributed by atoms with van der Waals surface area (Å²) in [7, 11) is 0. The minimum Gasteiger partial charge on any atom is -0.376 e.